The summed E-state index contributed by atoms with van der Waals surface area (Å²) in [5.74, 6) is -0.220. The van der Waals surface area contributed by atoms with Gasteiger partial charge in [-0.05, 0) is 109 Å². The van der Waals surface area contributed by atoms with Gasteiger partial charge >= 0.3 is 5.97 Å². The molecular formula is C63H68ClFN9O8S+. The van der Waals surface area contributed by atoms with Crippen molar-refractivity contribution in [1.82, 2.24) is 30.2 Å². The first-order valence-electron chi connectivity index (χ1n) is 27.4. The number of nitrogens with one attached hydrogen (secondary N) is 2. The number of carboxylic acid groups (broad SMARTS) is 1. The van der Waals surface area contributed by atoms with Crippen molar-refractivity contribution in [1.29, 1.82) is 0 Å². The molecule has 8 aromatic rings. The van der Waals surface area contributed by atoms with Gasteiger partial charge in [0, 0.05) is 53.9 Å². The van der Waals surface area contributed by atoms with E-state index in [9.17, 15) is 23.9 Å². The average Bonchev–Trinajstić information content (AvgIpc) is 2.77. The molecule has 83 heavy (non-hydrogen) atoms. The first-order chi connectivity index (χ1) is 39.9. The molecule has 1 aliphatic heterocycles. The number of carbonyl (C=O) groups is 3. The molecule has 4 heterocycles. The molecule has 0 unspecified atom stereocenters. The van der Waals surface area contributed by atoms with Crippen LogP contribution in [0.1, 0.15) is 48.7 Å². The Hall–Kier alpha value is -8.07. The van der Waals surface area contributed by atoms with Crippen LogP contribution in [0.4, 0.5) is 10.1 Å². The standard InChI is InChI=1S/C63H67ClFN9O8S/c1-37(2)56(66)60(76)70-40(5)59(75)72-45-21-18-43(38(3)32-45)34-74(6)29-26-73(27-30-74)28-31-80-51-23-22-47(39(4)55(51)64)53-54-61(68-36-69-62(54)83-57(53)41-16-19-44(65)20-17-41)82-52(63(77)78)33-42-12-8-10-14-49(42)81-35-46-24-25-67-58(71-46)48-13-9-11-15-50(48)79-7/h8-25,32,36-37,40,52,56H,26-31,33-35,66H2,1-7H3,(H2-,70,72,75,76,77,78)/p+1/t40-,52+,56-/m0/s1. The molecule has 0 bridgehead atoms. The molecule has 1 saturated heterocycles. The Kier molecular flexibility index (Phi) is 19.0. The van der Waals surface area contributed by atoms with Gasteiger partial charge in [0.05, 0.1) is 55.0 Å². The Bertz CT molecular complexity index is 3630. The van der Waals surface area contributed by atoms with Gasteiger partial charge in [-0.25, -0.2) is 29.1 Å². The number of fused-ring (bicyclic) bond motifs is 1. The first-order valence-corrected chi connectivity index (χ1v) is 28.6. The van der Waals surface area contributed by atoms with Crippen LogP contribution in [0.15, 0.2) is 122 Å². The van der Waals surface area contributed by atoms with Gasteiger partial charge in [-0.3, -0.25) is 14.5 Å². The molecule has 0 spiro atoms. The monoisotopic (exact) mass is 1160 g/mol. The Balaban J connectivity index is 0.867. The summed E-state index contributed by atoms with van der Waals surface area (Å²) >= 11 is 8.56. The van der Waals surface area contributed by atoms with Crippen molar-refractivity contribution in [3.05, 3.63) is 161 Å². The highest BCUT2D eigenvalue weighted by atomic mass is 35.5. The molecule has 432 valence electrons. The minimum Gasteiger partial charge on any atom is -0.496 e. The molecule has 5 N–H and O–H groups in total. The molecule has 9 rings (SSSR count). The summed E-state index contributed by atoms with van der Waals surface area (Å²) in [6.07, 6.45) is 1.49. The molecule has 1 aliphatic rings. The number of thiophene rings is 1. The van der Waals surface area contributed by atoms with E-state index in [2.05, 4.69) is 43.6 Å². The van der Waals surface area contributed by atoms with Crippen LogP contribution < -0.4 is 35.3 Å². The number of benzene rings is 5. The maximum absolute atomic E-state index is 14.4. The summed E-state index contributed by atoms with van der Waals surface area (Å²) in [6.45, 7) is 14.9. The van der Waals surface area contributed by atoms with E-state index in [1.54, 1.807) is 56.6 Å². The van der Waals surface area contributed by atoms with E-state index >= 15 is 0 Å². The highest BCUT2D eigenvalue weighted by Crippen LogP contribution is 2.49. The average molecular weight is 1170 g/mol. The van der Waals surface area contributed by atoms with E-state index in [1.807, 2.05) is 82.3 Å². The molecule has 1 fully saturated rings. The number of nitrogens with zero attached hydrogens (tertiary/aromatic N) is 6. The Morgan fingerprint density at radius 2 is 1.59 bits per heavy atom. The Morgan fingerprint density at radius 1 is 0.855 bits per heavy atom. The van der Waals surface area contributed by atoms with Crippen molar-refractivity contribution in [2.24, 2.45) is 11.7 Å². The number of methoxy groups -OCH3 is 1. The van der Waals surface area contributed by atoms with Gasteiger partial charge in [-0.15, -0.1) is 11.3 Å². The minimum atomic E-state index is -1.42. The summed E-state index contributed by atoms with van der Waals surface area (Å²) in [4.78, 5) is 60.5. The van der Waals surface area contributed by atoms with Gasteiger partial charge in [-0.2, -0.15) is 0 Å². The predicted molar refractivity (Wildman–Crippen MR) is 320 cm³/mol. The Morgan fingerprint density at radius 3 is 2.31 bits per heavy atom. The van der Waals surface area contributed by atoms with E-state index in [-0.39, 0.29) is 36.6 Å². The van der Waals surface area contributed by atoms with E-state index in [1.165, 1.54) is 35.4 Å². The van der Waals surface area contributed by atoms with Crippen molar-refractivity contribution >= 4 is 56.6 Å². The summed E-state index contributed by atoms with van der Waals surface area (Å²) in [5.41, 5.74) is 13.6. The number of carbonyl (C=O) groups excluding carboxylic acids is 2. The van der Waals surface area contributed by atoms with Crippen LogP contribution in [0.2, 0.25) is 5.02 Å². The van der Waals surface area contributed by atoms with Crippen LogP contribution in [0.25, 0.3) is 43.2 Å². The summed E-state index contributed by atoms with van der Waals surface area (Å²) in [6, 6.07) is 30.8. The van der Waals surface area contributed by atoms with Crippen LogP contribution >= 0.6 is 22.9 Å². The summed E-state index contributed by atoms with van der Waals surface area (Å²) < 4.78 is 39.9. The Labute approximate surface area is 491 Å². The minimum absolute atomic E-state index is 0.0483. The normalized spacial score (nSPS) is 14.4. The van der Waals surface area contributed by atoms with Gasteiger partial charge < -0.3 is 44.9 Å². The zero-order chi connectivity index (χ0) is 59.0. The lowest BCUT2D eigenvalue weighted by Crippen LogP contribution is -2.57. The maximum Gasteiger partial charge on any atom is 0.345 e. The van der Waals surface area contributed by atoms with Gasteiger partial charge in [0.25, 0.3) is 0 Å². The van der Waals surface area contributed by atoms with Crippen molar-refractivity contribution in [3.63, 3.8) is 0 Å². The number of halogens is 2. The number of aliphatic carboxylic acids is 1. The second-order valence-corrected chi connectivity index (χ2v) is 22.8. The second-order valence-electron chi connectivity index (χ2n) is 21.4. The summed E-state index contributed by atoms with van der Waals surface area (Å²) in [5, 5.41) is 17.3. The van der Waals surface area contributed by atoms with E-state index < -0.39 is 30.0 Å². The molecule has 0 saturated carbocycles. The van der Waals surface area contributed by atoms with Gasteiger partial charge in [0.2, 0.25) is 23.8 Å². The number of aryl methyl sites for hydroxylation is 1. The summed E-state index contributed by atoms with van der Waals surface area (Å²) in [7, 11) is 3.86. The van der Waals surface area contributed by atoms with Crippen molar-refractivity contribution in [3.8, 4) is 56.1 Å². The third-order valence-corrected chi connectivity index (χ3v) is 16.7. The molecule has 0 radical (unpaired) electrons. The van der Waals surface area contributed by atoms with Crippen molar-refractivity contribution in [2.75, 3.05) is 58.8 Å². The maximum atomic E-state index is 14.4. The zero-order valence-electron chi connectivity index (χ0n) is 47.5. The van der Waals surface area contributed by atoms with Crippen molar-refractivity contribution in [2.45, 2.75) is 72.4 Å². The third-order valence-electron chi connectivity index (χ3n) is 15.0. The van der Waals surface area contributed by atoms with Gasteiger partial charge in [0.1, 0.15) is 60.0 Å². The van der Waals surface area contributed by atoms with Crippen LogP contribution in [-0.2, 0) is 34.0 Å². The number of piperazine rings is 1. The van der Waals surface area contributed by atoms with Gasteiger partial charge in [-0.1, -0.05) is 80.0 Å². The number of likely N-dealkylation sites (N-methyl/N-ethyl adjacent to an activating group) is 1. The molecule has 0 aliphatic carbocycles. The number of aromatic nitrogens is 4. The predicted octanol–water partition coefficient (Wildman–Crippen LogP) is 10.3. The SMILES string of the molecule is COc1ccccc1-c1nccc(COc2ccccc2C[C@@H](Oc2ncnc3sc(-c4ccc(F)cc4)c(-c4ccc(OCCN5CC[N+](C)(Cc6ccc(NC(=O)[C@H](C)NC(=O)[C@@H](N)C(C)C)cc6C)CC5)c(Cl)c4C)c23)C(=O)O)n1. The first kappa shape index (κ1) is 59.5. The third kappa shape index (κ3) is 14.2. The number of anilines is 1. The largest absolute Gasteiger partial charge is 0.496 e. The fourth-order valence-corrected chi connectivity index (χ4v) is 11.3. The molecule has 20 heteroatoms. The fourth-order valence-electron chi connectivity index (χ4n) is 9.96. The van der Waals surface area contributed by atoms with E-state index in [0.717, 1.165) is 53.2 Å². The van der Waals surface area contributed by atoms with Crippen LogP contribution in [0, 0.1) is 25.6 Å². The quantitative estimate of drug-likeness (QED) is 0.0439. The molecule has 3 aromatic heterocycles. The molecular weight excluding hydrogens is 1100 g/mol. The number of rotatable bonds is 23. The lowest BCUT2D eigenvalue weighted by atomic mass is 9.96. The van der Waals surface area contributed by atoms with Crippen LogP contribution in [0.5, 0.6) is 23.1 Å². The smallest absolute Gasteiger partial charge is 0.345 e. The molecule has 5 aromatic carbocycles. The number of quaternary nitrogens is 1. The van der Waals surface area contributed by atoms with Crippen molar-refractivity contribution < 1.29 is 47.3 Å². The lowest BCUT2D eigenvalue weighted by molar-refractivity contribution is -0.926. The highest BCUT2D eigenvalue weighted by Gasteiger charge is 2.32. The number of amides is 2. The topological polar surface area (TPSA) is 213 Å². The number of hydrogen-bond acceptors (Lipinski definition) is 14. The van der Waals surface area contributed by atoms with Gasteiger partial charge in [0.15, 0.2) is 5.82 Å². The number of ether oxygens (including phenoxy) is 4. The van der Waals surface area contributed by atoms with E-state index in [0.29, 0.717) is 90.7 Å². The molecule has 3 atom stereocenters. The van der Waals surface area contributed by atoms with Crippen LogP contribution in [0.3, 0.4) is 0 Å². The van der Waals surface area contributed by atoms with Crippen LogP contribution in [-0.4, -0.2) is 124 Å². The fraction of sp³-hybridized carbons (Fsp3) is 0.317. The molecule has 2 amide bonds. The van der Waals surface area contributed by atoms with E-state index in [4.69, 9.17) is 41.3 Å². The zero-order valence-corrected chi connectivity index (χ0v) is 49.0. The highest BCUT2D eigenvalue weighted by molar-refractivity contribution is 7.22. The number of carboxylic acids is 1. The number of para-hydroxylation sites is 2. The second kappa shape index (κ2) is 26.4. The number of hydrogen-bond donors (Lipinski definition) is 4. The lowest BCUT2D eigenvalue weighted by Gasteiger charge is -2.42. The molecule has 17 nitrogen and oxygen atoms in total. The number of nitrogens with two attached hydrogens (primary N) is 1.